The third-order valence-corrected chi connectivity index (χ3v) is 6.83. The Kier molecular flexibility index (Phi) is 13.3. The fourth-order valence-corrected chi connectivity index (χ4v) is 4.17. The van der Waals surface area contributed by atoms with E-state index in [1.54, 1.807) is 18.3 Å². The van der Waals surface area contributed by atoms with Crippen LogP contribution in [0.3, 0.4) is 0 Å². The summed E-state index contributed by atoms with van der Waals surface area (Å²) in [7, 11) is 0. The molecule has 236 valence electrons. The van der Waals surface area contributed by atoms with Gasteiger partial charge in [0, 0.05) is 34.8 Å². The van der Waals surface area contributed by atoms with Gasteiger partial charge in [-0.3, -0.25) is 14.9 Å². The zero-order chi connectivity index (χ0) is 31.7. The molecule has 0 aliphatic carbocycles. The number of ether oxygens (including phenoxy) is 2. The number of para-hydroxylation sites is 1. The molecular formula is C34H42N8O3. The van der Waals surface area contributed by atoms with Gasteiger partial charge < -0.3 is 25.4 Å². The van der Waals surface area contributed by atoms with Crippen molar-refractivity contribution >= 4 is 45.8 Å². The summed E-state index contributed by atoms with van der Waals surface area (Å²) in [4.78, 5) is 26.3. The van der Waals surface area contributed by atoms with Gasteiger partial charge >= 0.3 is 0 Å². The number of amides is 1. The van der Waals surface area contributed by atoms with Gasteiger partial charge in [0.2, 0.25) is 5.96 Å². The van der Waals surface area contributed by atoms with Gasteiger partial charge in [0.1, 0.15) is 11.7 Å². The topological polar surface area (TPSA) is 137 Å². The number of benzene rings is 3. The van der Waals surface area contributed by atoms with Crippen LogP contribution in [0, 0.1) is 5.92 Å². The van der Waals surface area contributed by atoms with Crippen molar-refractivity contribution in [3.8, 4) is 0 Å². The molecule has 3 aromatic carbocycles. The fraction of sp³-hybridized carbons (Fsp3) is 0.324. The Morgan fingerprint density at radius 2 is 1.62 bits per heavy atom. The lowest BCUT2D eigenvalue weighted by molar-refractivity contribution is 0.0512. The van der Waals surface area contributed by atoms with Gasteiger partial charge in [-0.15, -0.1) is 0 Å². The second-order valence-electron chi connectivity index (χ2n) is 10.3. The summed E-state index contributed by atoms with van der Waals surface area (Å²) < 4.78 is 11.2. The van der Waals surface area contributed by atoms with Gasteiger partial charge in [-0.25, -0.2) is 0 Å². The molecule has 0 aliphatic heterocycles. The fourth-order valence-electron chi connectivity index (χ4n) is 4.17. The number of carbonyl (C=O) groups is 1. The Morgan fingerprint density at radius 3 is 2.38 bits per heavy atom. The first kappa shape index (κ1) is 33.0. The molecule has 4 rings (SSSR count). The summed E-state index contributed by atoms with van der Waals surface area (Å²) in [5.41, 5.74) is 3.33. The minimum Gasteiger partial charge on any atom is -0.377 e. The molecule has 1 atom stereocenters. The van der Waals surface area contributed by atoms with Crippen molar-refractivity contribution < 1.29 is 14.3 Å². The van der Waals surface area contributed by atoms with Crippen LogP contribution in [0.15, 0.2) is 100 Å². The number of guanidine groups is 1. The van der Waals surface area contributed by atoms with Crippen LogP contribution in [-0.2, 0) is 9.47 Å². The van der Waals surface area contributed by atoms with E-state index in [4.69, 9.17) is 19.5 Å². The van der Waals surface area contributed by atoms with Crippen molar-refractivity contribution in [1.82, 2.24) is 15.5 Å². The molecule has 11 heteroatoms. The number of fused-ring (bicyclic) bond motifs is 1. The van der Waals surface area contributed by atoms with E-state index in [1.165, 1.54) is 0 Å². The molecule has 0 spiro atoms. The van der Waals surface area contributed by atoms with Crippen molar-refractivity contribution in [2.75, 3.05) is 50.2 Å². The van der Waals surface area contributed by atoms with Crippen molar-refractivity contribution in [1.29, 1.82) is 0 Å². The number of nitrogens with one attached hydrogen (secondary N) is 4. The molecule has 1 unspecified atom stereocenters. The zero-order valence-electron chi connectivity index (χ0n) is 26.1. The van der Waals surface area contributed by atoms with E-state index in [1.807, 2.05) is 73.7 Å². The molecule has 1 heterocycles. The molecule has 0 saturated carbocycles. The lowest BCUT2D eigenvalue weighted by Gasteiger charge is -2.16. The molecule has 0 aliphatic rings. The normalized spacial score (nSPS) is 13.1. The van der Waals surface area contributed by atoms with E-state index in [-0.39, 0.29) is 11.8 Å². The number of aliphatic imine (C=N–C) groups is 3. The summed E-state index contributed by atoms with van der Waals surface area (Å²) in [5, 5.41) is 17.8. The molecular weight excluding hydrogens is 568 g/mol. The van der Waals surface area contributed by atoms with Crippen LogP contribution in [0.4, 0.5) is 11.4 Å². The average molecular weight is 611 g/mol. The highest BCUT2D eigenvalue weighted by Crippen LogP contribution is 2.18. The first-order chi connectivity index (χ1) is 22.0. The second kappa shape index (κ2) is 18.1. The Bertz CT molecular complexity index is 1570. The highest BCUT2D eigenvalue weighted by molar-refractivity contribution is 6.11. The van der Waals surface area contributed by atoms with Gasteiger partial charge in [-0.2, -0.15) is 15.1 Å². The number of rotatable bonds is 14. The lowest BCUT2D eigenvalue weighted by atomic mass is 10.1. The smallest absolute Gasteiger partial charge is 0.251 e. The van der Waals surface area contributed by atoms with Gasteiger partial charge in [-0.05, 0) is 55.8 Å². The van der Waals surface area contributed by atoms with Crippen LogP contribution in [0.25, 0.3) is 10.9 Å². The van der Waals surface area contributed by atoms with E-state index in [0.29, 0.717) is 56.9 Å². The summed E-state index contributed by atoms with van der Waals surface area (Å²) in [6.07, 6.45) is 2.69. The third-order valence-electron chi connectivity index (χ3n) is 6.83. The van der Waals surface area contributed by atoms with Gasteiger partial charge in [0.05, 0.1) is 44.7 Å². The molecule has 45 heavy (non-hydrogen) atoms. The highest BCUT2D eigenvalue weighted by atomic mass is 16.5. The number of nitrogens with zero attached hydrogens (tertiary/aromatic N) is 4. The standard InChI is InChI=1S/C34H42N8O3/c1-4-25(2)32(39-29-13-9-6-10-14-29)41-34(40-30-16-15-28-24-37-42-31(28)23-30)38-26(3)35-17-19-44-21-22-45-20-18-36-33(43)27-11-7-5-8-12-27/h5-16,23-25H,4,17-22H2,1-3H3,(H,36,43)(H,37,42)(H2,35,38,39,40,41). The largest absolute Gasteiger partial charge is 0.377 e. The number of H-pyrrole nitrogens is 1. The molecule has 0 fully saturated rings. The van der Waals surface area contributed by atoms with E-state index in [2.05, 4.69) is 45.0 Å². The van der Waals surface area contributed by atoms with E-state index in [9.17, 15) is 4.79 Å². The number of carbonyl (C=O) groups excluding carboxylic acids is 1. The molecule has 4 N–H and O–H groups in total. The number of hydrogen-bond donors (Lipinski definition) is 4. The molecule has 0 bridgehead atoms. The van der Waals surface area contributed by atoms with Crippen LogP contribution < -0.4 is 16.0 Å². The Labute approximate surface area is 264 Å². The Morgan fingerprint density at radius 1 is 0.889 bits per heavy atom. The maximum absolute atomic E-state index is 12.0. The second-order valence-corrected chi connectivity index (χ2v) is 10.3. The van der Waals surface area contributed by atoms with Gasteiger partial charge in [0.15, 0.2) is 0 Å². The summed E-state index contributed by atoms with van der Waals surface area (Å²) >= 11 is 0. The summed E-state index contributed by atoms with van der Waals surface area (Å²) in [6, 6.07) is 25.0. The predicted molar refractivity (Wildman–Crippen MR) is 182 cm³/mol. The van der Waals surface area contributed by atoms with Crippen LogP contribution in [0.5, 0.6) is 0 Å². The molecule has 1 amide bonds. The SMILES string of the molecule is CCC(C)C(=NC(=NC(C)=NCCOCCOCCNC(=O)c1ccccc1)Nc1ccc2cn[nH]c2c1)Nc1ccccc1. The van der Waals surface area contributed by atoms with E-state index < -0.39 is 0 Å². The molecule has 1 aromatic heterocycles. The minimum absolute atomic E-state index is 0.113. The van der Waals surface area contributed by atoms with Gasteiger partial charge in [-0.1, -0.05) is 50.2 Å². The van der Waals surface area contributed by atoms with Gasteiger partial charge in [0.25, 0.3) is 5.91 Å². The first-order valence-electron chi connectivity index (χ1n) is 15.2. The number of anilines is 2. The zero-order valence-corrected chi connectivity index (χ0v) is 26.1. The van der Waals surface area contributed by atoms with Crippen molar-refractivity contribution in [3.05, 3.63) is 90.6 Å². The molecule has 4 aromatic rings. The average Bonchev–Trinajstić information content (AvgIpc) is 3.53. The number of hydrogen-bond acceptors (Lipinski definition) is 5. The minimum atomic E-state index is -0.113. The van der Waals surface area contributed by atoms with Crippen molar-refractivity contribution in [2.45, 2.75) is 27.2 Å². The Balaban J connectivity index is 1.30. The van der Waals surface area contributed by atoms with Crippen molar-refractivity contribution in [2.24, 2.45) is 20.9 Å². The van der Waals surface area contributed by atoms with Crippen LogP contribution >= 0.6 is 0 Å². The van der Waals surface area contributed by atoms with Crippen LogP contribution in [-0.4, -0.2) is 73.3 Å². The van der Waals surface area contributed by atoms with E-state index >= 15 is 0 Å². The van der Waals surface area contributed by atoms with E-state index in [0.717, 1.165) is 34.5 Å². The number of aromatic amines is 1. The third kappa shape index (κ3) is 11.3. The van der Waals surface area contributed by atoms with Crippen molar-refractivity contribution in [3.63, 3.8) is 0 Å². The molecule has 11 nitrogen and oxygen atoms in total. The quantitative estimate of drug-likeness (QED) is 0.0813. The maximum atomic E-state index is 12.0. The Hall–Kier alpha value is -4.87. The summed E-state index contributed by atoms with van der Waals surface area (Å²) in [6.45, 7) is 8.68. The lowest BCUT2D eigenvalue weighted by Crippen LogP contribution is -2.27. The maximum Gasteiger partial charge on any atom is 0.251 e. The summed E-state index contributed by atoms with van der Waals surface area (Å²) in [5.74, 6) is 1.84. The molecule has 0 saturated heterocycles. The van der Waals surface area contributed by atoms with Crippen LogP contribution in [0.2, 0.25) is 0 Å². The molecule has 0 radical (unpaired) electrons. The van der Waals surface area contributed by atoms with Crippen LogP contribution in [0.1, 0.15) is 37.6 Å². The number of aromatic nitrogens is 2. The number of amidine groups is 2. The first-order valence-corrected chi connectivity index (χ1v) is 15.2. The predicted octanol–water partition coefficient (Wildman–Crippen LogP) is 5.77. The highest BCUT2D eigenvalue weighted by Gasteiger charge is 2.12. The monoisotopic (exact) mass is 610 g/mol.